The van der Waals surface area contributed by atoms with Gasteiger partial charge in [0.1, 0.15) is 5.82 Å². The minimum Gasteiger partial charge on any atom is -0.384 e. The first-order valence-corrected chi connectivity index (χ1v) is 11.1. The number of aryl methyl sites for hydroxylation is 2. The van der Waals surface area contributed by atoms with Crippen molar-refractivity contribution in [2.45, 2.75) is 52.4 Å². The van der Waals surface area contributed by atoms with Crippen molar-refractivity contribution in [1.82, 2.24) is 19.3 Å². The van der Waals surface area contributed by atoms with Gasteiger partial charge in [-0.2, -0.15) is 18.3 Å². The molecule has 4 rings (SSSR count). The van der Waals surface area contributed by atoms with Crippen LogP contribution in [-0.4, -0.2) is 25.5 Å². The Morgan fingerprint density at radius 1 is 0.971 bits per heavy atom. The van der Waals surface area contributed by atoms with Crippen LogP contribution in [0.2, 0.25) is 0 Å². The number of nitrogens with zero attached hydrogens (tertiary/aromatic N) is 4. The molecule has 0 bridgehead atoms. The number of alkyl halides is 3. The van der Waals surface area contributed by atoms with Crippen LogP contribution in [-0.2, 0) is 18.5 Å². The number of hydrogen-bond donors (Lipinski definition) is 1. The van der Waals surface area contributed by atoms with E-state index in [2.05, 4.69) is 21.8 Å². The molecule has 178 valence electrons. The molecule has 0 fully saturated rings. The molecular formula is C26H28F3N5. The lowest BCUT2D eigenvalue weighted by atomic mass is 9.83. The van der Waals surface area contributed by atoms with Gasteiger partial charge in [0, 0.05) is 42.3 Å². The third kappa shape index (κ3) is 4.44. The maximum atomic E-state index is 13.4. The van der Waals surface area contributed by atoms with Gasteiger partial charge in [0.15, 0.2) is 0 Å². The Labute approximate surface area is 197 Å². The molecule has 0 aliphatic heterocycles. The number of nitrogens with two attached hydrogens (primary N) is 1. The number of aromatic nitrogens is 4. The van der Waals surface area contributed by atoms with Crippen molar-refractivity contribution in [2.75, 3.05) is 5.73 Å². The van der Waals surface area contributed by atoms with Crippen LogP contribution in [0.5, 0.6) is 0 Å². The molecule has 5 nitrogen and oxygen atoms in total. The third-order valence-corrected chi connectivity index (χ3v) is 6.30. The molecule has 3 heterocycles. The maximum absolute atomic E-state index is 13.4. The van der Waals surface area contributed by atoms with Crippen molar-refractivity contribution in [3.05, 3.63) is 77.7 Å². The van der Waals surface area contributed by atoms with Crippen LogP contribution >= 0.6 is 0 Å². The summed E-state index contributed by atoms with van der Waals surface area (Å²) >= 11 is 0. The molecule has 0 aliphatic carbocycles. The Bertz CT molecular complexity index is 1280. The second-order valence-electron chi connectivity index (χ2n) is 9.02. The Balaban J connectivity index is 1.63. The van der Waals surface area contributed by atoms with Crippen LogP contribution in [0.25, 0.3) is 22.5 Å². The first-order valence-electron chi connectivity index (χ1n) is 11.1. The van der Waals surface area contributed by atoms with Crippen LogP contribution in [0.3, 0.4) is 0 Å². The fraction of sp³-hybridized carbons (Fsp3) is 0.308. The molecule has 4 aromatic rings. The first kappa shape index (κ1) is 23.6. The van der Waals surface area contributed by atoms with E-state index in [1.54, 1.807) is 24.4 Å². The first-order chi connectivity index (χ1) is 16.0. The summed E-state index contributed by atoms with van der Waals surface area (Å²) in [6.45, 7) is 7.78. The highest BCUT2D eigenvalue weighted by Crippen LogP contribution is 2.41. The number of pyridine rings is 1. The van der Waals surface area contributed by atoms with E-state index in [1.807, 2.05) is 30.7 Å². The zero-order valence-electron chi connectivity index (χ0n) is 19.7. The number of hydrogen-bond acceptors (Lipinski definition) is 3. The number of nitrogen functional groups attached to an aromatic ring is 1. The average Bonchev–Trinajstić information content (AvgIpc) is 3.38. The van der Waals surface area contributed by atoms with Gasteiger partial charge in [-0.1, -0.05) is 30.3 Å². The summed E-state index contributed by atoms with van der Waals surface area (Å²) in [5, 5.41) is 4.71. The van der Waals surface area contributed by atoms with Crippen molar-refractivity contribution in [1.29, 1.82) is 0 Å². The van der Waals surface area contributed by atoms with Crippen molar-refractivity contribution in [2.24, 2.45) is 0 Å². The van der Waals surface area contributed by atoms with E-state index in [0.717, 1.165) is 33.8 Å². The summed E-state index contributed by atoms with van der Waals surface area (Å²) in [6.07, 6.45) is -0.473. The van der Waals surface area contributed by atoms with Gasteiger partial charge < -0.3 is 10.3 Å². The molecule has 0 saturated carbocycles. The molecule has 0 saturated heterocycles. The smallest absolute Gasteiger partial charge is 0.384 e. The van der Waals surface area contributed by atoms with Crippen LogP contribution in [0.4, 0.5) is 19.0 Å². The second-order valence-corrected chi connectivity index (χ2v) is 9.02. The molecule has 1 aromatic carbocycles. The van der Waals surface area contributed by atoms with Gasteiger partial charge in [-0.15, -0.1) is 0 Å². The minimum atomic E-state index is -4.32. The number of anilines is 1. The van der Waals surface area contributed by atoms with E-state index in [4.69, 9.17) is 10.8 Å². The molecule has 8 heteroatoms. The lowest BCUT2D eigenvalue weighted by Gasteiger charge is -2.28. The van der Waals surface area contributed by atoms with Crippen LogP contribution < -0.4 is 5.73 Å². The molecule has 0 amide bonds. The number of rotatable bonds is 6. The van der Waals surface area contributed by atoms with Gasteiger partial charge in [0.05, 0.1) is 16.8 Å². The Morgan fingerprint density at radius 3 is 2.26 bits per heavy atom. The van der Waals surface area contributed by atoms with Crippen molar-refractivity contribution in [3.8, 4) is 22.5 Å². The summed E-state index contributed by atoms with van der Waals surface area (Å²) in [7, 11) is 0. The minimum absolute atomic E-state index is 0.226. The standard InChI is InChI=1S/C26H28F3N5/c1-5-34-23(20-12-17(2)33(16-20)15-18-6-11-24(30)31-14-18)13-22(32-34)19-7-9-21(10-8-19)25(3,4)26(27,28)29/h6-14,16H,5,15H2,1-4H3,(H2,30,31). The average molecular weight is 468 g/mol. The van der Waals surface area contributed by atoms with Gasteiger partial charge in [-0.25, -0.2) is 4.98 Å². The van der Waals surface area contributed by atoms with Gasteiger partial charge in [0.25, 0.3) is 0 Å². The van der Waals surface area contributed by atoms with E-state index in [9.17, 15) is 13.2 Å². The summed E-state index contributed by atoms with van der Waals surface area (Å²) in [5.74, 6) is 0.489. The Hall–Kier alpha value is -3.55. The normalized spacial score (nSPS) is 12.3. The molecule has 0 unspecified atom stereocenters. The number of halogens is 3. The maximum Gasteiger partial charge on any atom is 0.397 e. The van der Waals surface area contributed by atoms with Gasteiger partial charge >= 0.3 is 6.18 Å². The Morgan fingerprint density at radius 2 is 1.68 bits per heavy atom. The molecule has 0 aliphatic rings. The van der Waals surface area contributed by atoms with E-state index in [1.165, 1.54) is 26.0 Å². The summed E-state index contributed by atoms with van der Waals surface area (Å²) in [4.78, 5) is 4.16. The molecule has 2 N–H and O–H groups in total. The Kier molecular flexibility index (Phi) is 6.02. The lowest BCUT2D eigenvalue weighted by molar-refractivity contribution is -0.180. The summed E-state index contributed by atoms with van der Waals surface area (Å²) in [5.41, 5.74) is 9.61. The predicted octanol–water partition coefficient (Wildman–Crippen LogP) is 6.21. The lowest BCUT2D eigenvalue weighted by Crippen LogP contribution is -2.36. The highest BCUT2D eigenvalue weighted by atomic mass is 19.4. The fourth-order valence-electron chi connectivity index (χ4n) is 3.90. The number of benzene rings is 1. The summed E-state index contributed by atoms with van der Waals surface area (Å²) in [6, 6.07) is 14.3. The van der Waals surface area contributed by atoms with E-state index >= 15 is 0 Å². The molecule has 0 atom stereocenters. The molecular weight excluding hydrogens is 439 g/mol. The monoisotopic (exact) mass is 467 g/mol. The van der Waals surface area contributed by atoms with Crippen molar-refractivity contribution in [3.63, 3.8) is 0 Å². The van der Waals surface area contributed by atoms with E-state index in [0.29, 0.717) is 18.9 Å². The van der Waals surface area contributed by atoms with Gasteiger partial charge in [0.2, 0.25) is 0 Å². The summed E-state index contributed by atoms with van der Waals surface area (Å²) < 4.78 is 44.2. The van der Waals surface area contributed by atoms with Crippen molar-refractivity contribution < 1.29 is 13.2 Å². The largest absolute Gasteiger partial charge is 0.397 e. The fourth-order valence-corrected chi connectivity index (χ4v) is 3.90. The van der Waals surface area contributed by atoms with Gasteiger partial charge in [-0.3, -0.25) is 4.68 Å². The third-order valence-electron chi connectivity index (χ3n) is 6.30. The zero-order chi connectivity index (χ0) is 24.7. The molecule has 0 radical (unpaired) electrons. The van der Waals surface area contributed by atoms with Crippen LogP contribution in [0, 0.1) is 6.92 Å². The van der Waals surface area contributed by atoms with Crippen LogP contribution in [0.1, 0.15) is 37.6 Å². The quantitative estimate of drug-likeness (QED) is 0.367. The van der Waals surface area contributed by atoms with Crippen molar-refractivity contribution >= 4 is 5.82 Å². The SMILES string of the molecule is CCn1nc(-c2ccc(C(C)(C)C(F)(F)F)cc2)cc1-c1cc(C)n(Cc2ccc(N)nc2)c1. The molecule has 3 aromatic heterocycles. The topological polar surface area (TPSA) is 61.7 Å². The van der Waals surface area contributed by atoms with E-state index in [-0.39, 0.29) is 5.56 Å². The highest BCUT2D eigenvalue weighted by Gasteiger charge is 2.48. The van der Waals surface area contributed by atoms with Gasteiger partial charge in [-0.05, 0) is 57.0 Å². The van der Waals surface area contributed by atoms with E-state index < -0.39 is 11.6 Å². The molecule has 34 heavy (non-hydrogen) atoms. The predicted molar refractivity (Wildman–Crippen MR) is 128 cm³/mol. The zero-order valence-corrected chi connectivity index (χ0v) is 19.7. The highest BCUT2D eigenvalue weighted by molar-refractivity contribution is 5.69. The van der Waals surface area contributed by atoms with Crippen LogP contribution in [0.15, 0.2) is 60.9 Å². The second kappa shape index (κ2) is 8.66. The molecule has 0 spiro atoms.